The zero-order valence-corrected chi connectivity index (χ0v) is 19.5. The van der Waals surface area contributed by atoms with E-state index in [-0.39, 0.29) is 17.6 Å². The van der Waals surface area contributed by atoms with Gasteiger partial charge < -0.3 is 10.1 Å². The Hall–Kier alpha value is -3.83. The van der Waals surface area contributed by atoms with Crippen molar-refractivity contribution in [1.82, 2.24) is 20.5 Å². The van der Waals surface area contributed by atoms with Crippen LogP contribution >= 0.6 is 0 Å². The van der Waals surface area contributed by atoms with Crippen molar-refractivity contribution in [2.24, 2.45) is 0 Å². The van der Waals surface area contributed by atoms with Crippen molar-refractivity contribution < 1.29 is 35.9 Å². The summed E-state index contributed by atoms with van der Waals surface area (Å²) in [5, 5.41) is 7.81. The number of pyridine rings is 1. The van der Waals surface area contributed by atoms with Gasteiger partial charge in [-0.3, -0.25) is 9.89 Å². The number of aryl methyl sites for hydroxylation is 1. The topological polar surface area (TPSA) is 79.9 Å². The molecule has 0 saturated heterocycles. The average molecular weight is 524 g/mol. The summed E-state index contributed by atoms with van der Waals surface area (Å²) in [7, 11) is 0. The van der Waals surface area contributed by atoms with E-state index < -0.39 is 35.1 Å². The van der Waals surface area contributed by atoms with E-state index in [0.29, 0.717) is 31.4 Å². The summed E-state index contributed by atoms with van der Waals surface area (Å²) in [5.74, 6) is -0.379. The maximum Gasteiger partial charge on any atom is 0.433 e. The number of nitrogens with one attached hydrogen (secondary N) is 2. The fourth-order valence-electron chi connectivity index (χ4n) is 4.13. The first-order chi connectivity index (χ1) is 17.4. The van der Waals surface area contributed by atoms with Crippen molar-refractivity contribution in [3.8, 4) is 11.6 Å². The van der Waals surface area contributed by atoms with Gasteiger partial charge in [-0.05, 0) is 56.4 Å². The van der Waals surface area contributed by atoms with Gasteiger partial charge in [-0.2, -0.15) is 31.4 Å². The van der Waals surface area contributed by atoms with E-state index in [2.05, 4.69) is 15.4 Å². The van der Waals surface area contributed by atoms with Crippen LogP contribution in [0.3, 0.4) is 0 Å². The van der Waals surface area contributed by atoms with Crippen LogP contribution < -0.4 is 10.1 Å². The van der Waals surface area contributed by atoms with Gasteiger partial charge in [-0.15, -0.1) is 0 Å². The fraction of sp³-hybridized carbons (Fsp3) is 0.320. The van der Waals surface area contributed by atoms with E-state index in [1.165, 1.54) is 6.92 Å². The molecule has 0 spiro atoms. The molecule has 0 atom stereocenters. The molecular weight excluding hydrogens is 502 g/mol. The summed E-state index contributed by atoms with van der Waals surface area (Å²) in [5.41, 5.74) is -0.823. The lowest BCUT2D eigenvalue weighted by Gasteiger charge is -2.25. The summed E-state index contributed by atoms with van der Waals surface area (Å²) in [6.45, 7) is 1.26. The SMILES string of the molecule is Cc1nc(Oc2cccc(C=C3CCC(NC(=O)c4cn[nH]c4C(F)(F)F)CC3)c2)ccc1C(F)(F)F. The molecule has 37 heavy (non-hydrogen) atoms. The molecule has 1 aliphatic carbocycles. The number of benzene rings is 1. The molecule has 0 bridgehead atoms. The molecule has 0 radical (unpaired) electrons. The second-order valence-corrected chi connectivity index (χ2v) is 8.66. The lowest BCUT2D eigenvalue weighted by molar-refractivity contribution is -0.141. The Kier molecular flexibility index (Phi) is 7.28. The summed E-state index contributed by atoms with van der Waals surface area (Å²) < 4.78 is 83.4. The Morgan fingerprint density at radius 1 is 1.08 bits per heavy atom. The Bertz CT molecular complexity index is 1300. The van der Waals surface area contributed by atoms with Gasteiger partial charge in [0.15, 0.2) is 5.69 Å². The number of allylic oxidation sites excluding steroid dienone is 1. The van der Waals surface area contributed by atoms with Gasteiger partial charge in [0.05, 0.1) is 23.0 Å². The molecule has 4 rings (SSSR count). The molecule has 0 unspecified atom stereocenters. The number of hydrogen-bond acceptors (Lipinski definition) is 4. The van der Waals surface area contributed by atoms with Crippen LogP contribution in [0.4, 0.5) is 26.3 Å². The van der Waals surface area contributed by atoms with Crippen molar-refractivity contribution in [2.45, 2.75) is 51.0 Å². The highest BCUT2D eigenvalue weighted by molar-refractivity contribution is 5.95. The van der Waals surface area contributed by atoms with Gasteiger partial charge in [-0.1, -0.05) is 23.8 Å². The van der Waals surface area contributed by atoms with Gasteiger partial charge in [0.2, 0.25) is 5.88 Å². The Morgan fingerprint density at radius 2 is 1.81 bits per heavy atom. The third kappa shape index (κ3) is 6.49. The third-order valence-electron chi connectivity index (χ3n) is 5.95. The van der Waals surface area contributed by atoms with Crippen LogP contribution in [0.15, 0.2) is 48.2 Å². The molecule has 2 heterocycles. The minimum absolute atomic E-state index is 0.0397. The molecule has 196 valence electrons. The highest BCUT2D eigenvalue weighted by Gasteiger charge is 2.38. The third-order valence-corrected chi connectivity index (χ3v) is 5.95. The largest absolute Gasteiger partial charge is 0.439 e. The number of aromatic nitrogens is 3. The summed E-state index contributed by atoms with van der Waals surface area (Å²) >= 11 is 0. The maximum atomic E-state index is 13.0. The van der Waals surface area contributed by atoms with Gasteiger partial charge in [0.25, 0.3) is 5.91 Å². The second kappa shape index (κ2) is 10.3. The zero-order valence-electron chi connectivity index (χ0n) is 19.5. The molecule has 1 aliphatic rings. The van der Waals surface area contributed by atoms with E-state index in [1.807, 2.05) is 17.2 Å². The van der Waals surface area contributed by atoms with Crippen LogP contribution in [0.5, 0.6) is 11.6 Å². The van der Waals surface area contributed by atoms with Crippen molar-refractivity contribution >= 4 is 12.0 Å². The van der Waals surface area contributed by atoms with Crippen LogP contribution in [-0.4, -0.2) is 27.1 Å². The number of amides is 1. The van der Waals surface area contributed by atoms with E-state index in [1.54, 1.807) is 18.2 Å². The summed E-state index contributed by atoms with van der Waals surface area (Å²) in [6, 6.07) is 8.80. The summed E-state index contributed by atoms with van der Waals surface area (Å²) in [6.07, 6.45) is -4.00. The van der Waals surface area contributed by atoms with Gasteiger partial charge in [-0.25, -0.2) is 4.98 Å². The Morgan fingerprint density at radius 3 is 2.46 bits per heavy atom. The molecule has 12 heteroatoms. The minimum Gasteiger partial charge on any atom is -0.439 e. The molecule has 1 fully saturated rings. The number of carbonyl (C=O) groups excluding carboxylic acids is 1. The van der Waals surface area contributed by atoms with E-state index in [4.69, 9.17) is 4.74 Å². The first-order valence-electron chi connectivity index (χ1n) is 11.3. The predicted octanol–water partition coefficient (Wildman–Crippen LogP) is 6.70. The number of aromatic amines is 1. The number of H-pyrrole nitrogens is 1. The number of rotatable bonds is 5. The Labute approximate surface area is 207 Å². The average Bonchev–Trinajstić information content (AvgIpc) is 3.31. The first-order valence-corrected chi connectivity index (χ1v) is 11.3. The molecule has 1 amide bonds. The lowest BCUT2D eigenvalue weighted by Crippen LogP contribution is -2.37. The van der Waals surface area contributed by atoms with Gasteiger partial charge in [0, 0.05) is 12.1 Å². The quantitative estimate of drug-likeness (QED) is 0.364. The van der Waals surface area contributed by atoms with Crippen molar-refractivity contribution in [1.29, 1.82) is 0 Å². The molecule has 2 N–H and O–H groups in total. The predicted molar refractivity (Wildman–Crippen MR) is 122 cm³/mol. The molecule has 1 aromatic carbocycles. The molecule has 3 aromatic rings. The fourth-order valence-corrected chi connectivity index (χ4v) is 4.13. The summed E-state index contributed by atoms with van der Waals surface area (Å²) in [4.78, 5) is 16.2. The molecule has 1 saturated carbocycles. The Balaban J connectivity index is 1.36. The molecular formula is C25H22F6N4O2. The number of ether oxygens (including phenoxy) is 1. The first kappa shape index (κ1) is 26.2. The van der Waals surface area contributed by atoms with Crippen molar-refractivity contribution in [3.05, 3.63) is 76.2 Å². The number of nitrogens with zero attached hydrogens (tertiary/aromatic N) is 2. The normalized spacial score (nSPS) is 16.4. The number of halogens is 6. The van der Waals surface area contributed by atoms with E-state index in [0.717, 1.165) is 29.5 Å². The van der Waals surface area contributed by atoms with Crippen LogP contribution in [0.2, 0.25) is 0 Å². The molecule has 6 nitrogen and oxygen atoms in total. The van der Waals surface area contributed by atoms with Crippen molar-refractivity contribution in [3.63, 3.8) is 0 Å². The minimum atomic E-state index is -4.70. The van der Waals surface area contributed by atoms with E-state index >= 15 is 0 Å². The number of hydrogen-bond donors (Lipinski definition) is 2. The van der Waals surface area contributed by atoms with Crippen LogP contribution in [0.25, 0.3) is 6.08 Å². The van der Waals surface area contributed by atoms with Crippen molar-refractivity contribution in [2.75, 3.05) is 0 Å². The second-order valence-electron chi connectivity index (χ2n) is 8.66. The standard InChI is InChI=1S/C25H22F6N4O2/c1-14-20(24(26,27)28)9-10-21(33-14)37-18-4-2-3-16(12-18)11-15-5-7-17(8-6-15)34-23(36)19-13-32-35-22(19)25(29,30)31/h2-4,9-13,17H,5-8H2,1H3,(H,32,35)(H,34,36). The smallest absolute Gasteiger partial charge is 0.433 e. The highest BCUT2D eigenvalue weighted by Crippen LogP contribution is 2.34. The highest BCUT2D eigenvalue weighted by atomic mass is 19.4. The molecule has 2 aromatic heterocycles. The number of carbonyl (C=O) groups is 1. The number of alkyl halides is 6. The maximum absolute atomic E-state index is 13.0. The monoisotopic (exact) mass is 524 g/mol. The van der Waals surface area contributed by atoms with Crippen LogP contribution in [0.1, 0.15) is 58.6 Å². The van der Waals surface area contributed by atoms with Gasteiger partial charge >= 0.3 is 12.4 Å². The van der Waals surface area contributed by atoms with Crippen LogP contribution in [-0.2, 0) is 12.4 Å². The molecule has 0 aliphatic heterocycles. The lowest BCUT2D eigenvalue weighted by atomic mass is 9.89. The van der Waals surface area contributed by atoms with E-state index in [9.17, 15) is 31.1 Å². The van der Waals surface area contributed by atoms with Crippen LogP contribution in [0, 0.1) is 6.92 Å². The van der Waals surface area contributed by atoms with Gasteiger partial charge in [0.1, 0.15) is 5.75 Å². The zero-order chi connectivity index (χ0) is 26.8.